The van der Waals surface area contributed by atoms with Crippen molar-refractivity contribution >= 4 is 23.1 Å². The van der Waals surface area contributed by atoms with Crippen LogP contribution in [-0.4, -0.2) is 0 Å². The van der Waals surface area contributed by atoms with Crippen LogP contribution in [0.15, 0.2) is 70.3 Å². The second kappa shape index (κ2) is 6.95. The number of rotatable bonds is 0. The van der Waals surface area contributed by atoms with Gasteiger partial charge >= 0.3 is 11.3 Å². The van der Waals surface area contributed by atoms with Crippen LogP contribution in [0.1, 0.15) is 30.7 Å². The molecule has 0 fully saturated rings. The fourth-order valence-electron chi connectivity index (χ4n) is 3.64. The van der Waals surface area contributed by atoms with Crippen LogP contribution in [0, 0.1) is 10.2 Å². The van der Waals surface area contributed by atoms with Crippen molar-refractivity contribution in [2.45, 2.75) is 19.3 Å². The maximum absolute atomic E-state index is 8.49. The molecule has 0 radical (unpaired) electrons. The number of benzene rings is 2. The van der Waals surface area contributed by atoms with Crippen molar-refractivity contribution < 1.29 is 38.0 Å². The summed E-state index contributed by atoms with van der Waals surface area (Å²) in [7, 11) is -4.94. The lowest BCUT2D eigenvalue weighted by Crippen LogP contribution is -2.68. The van der Waals surface area contributed by atoms with E-state index in [0.717, 1.165) is 33.8 Å². The molecular formula is C22H17ClO6. The van der Waals surface area contributed by atoms with Gasteiger partial charge in [0.05, 0.1) is 17.0 Å². The summed E-state index contributed by atoms with van der Waals surface area (Å²) in [5.41, 5.74) is 4.23. The lowest BCUT2D eigenvalue weighted by molar-refractivity contribution is -2.00. The number of halogens is 1. The van der Waals surface area contributed by atoms with Crippen molar-refractivity contribution in [2.24, 2.45) is 0 Å². The molecule has 0 saturated carbocycles. The molecule has 0 saturated heterocycles. The molecule has 0 amide bonds. The molecule has 0 N–H and O–H groups in total. The fraction of sp³-hybridized carbons (Fsp3) is 0.136. The van der Waals surface area contributed by atoms with Gasteiger partial charge in [-0.25, -0.2) is 23.1 Å². The molecule has 148 valence electrons. The van der Waals surface area contributed by atoms with Gasteiger partial charge in [0.25, 0.3) is 0 Å². The SMILES string of the molecule is CC1(C)C2=Cc3ccccc3OC2=Cc2[o+]c3ccccc3cc21.[O-][Cl+3]([O-])([O-])[O-]. The maximum Gasteiger partial charge on any atom is 0.361 e. The molecule has 2 heterocycles. The third-order valence-electron chi connectivity index (χ3n) is 5.02. The molecule has 0 unspecified atom stereocenters. The minimum Gasteiger partial charge on any atom is -0.456 e. The van der Waals surface area contributed by atoms with Crippen molar-refractivity contribution in [3.05, 3.63) is 82.8 Å². The van der Waals surface area contributed by atoms with Gasteiger partial charge < -0.3 is 4.74 Å². The highest BCUT2D eigenvalue weighted by molar-refractivity contribution is 5.83. The van der Waals surface area contributed by atoms with Crippen LogP contribution in [0.4, 0.5) is 0 Å². The smallest absolute Gasteiger partial charge is 0.361 e. The topological polar surface area (TPSA) is 113 Å². The Morgan fingerprint density at radius 3 is 2.31 bits per heavy atom. The first-order valence-corrected chi connectivity index (χ1v) is 10.1. The maximum atomic E-state index is 8.49. The van der Waals surface area contributed by atoms with E-state index < -0.39 is 10.2 Å². The molecule has 2 aliphatic rings. The Morgan fingerprint density at radius 1 is 0.897 bits per heavy atom. The fourth-order valence-corrected chi connectivity index (χ4v) is 3.64. The molecule has 29 heavy (non-hydrogen) atoms. The van der Waals surface area contributed by atoms with E-state index in [1.807, 2.05) is 42.5 Å². The lowest BCUT2D eigenvalue weighted by Gasteiger charge is -2.34. The van der Waals surface area contributed by atoms with Gasteiger partial charge in [0, 0.05) is 22.6 Å². The molecule has 2 aromatic carbocycles. The third-order valence-corrected chi connectivity index (χ3v) is 5.02. The average molecular weight is 413 g/mol. The normalized spacial score (nSPS) is 16.2. The monoisotopic (exact) mass is 412 g/mol. The van der Waals surface area contributed by atoms with E-state index in [1.54, 1.807) is 0 Å². The number of fused-ring (bicyclic) bond motifs is 4. The largest absolute Gasteiger partial charge is 0.456 e. The molecule has 5 rings (SSSR count). The average Bonchev–Trinajstić information content (AvgIpc) is 2.65. The van der Waals surface area contributed by atoms with E-state index in [2.05, 4.69) is 38.1 Å². The van der Waals surface area contributed by atoms with E-state index in [9.17, 15) is 0 Å². The van der Waals surface area contributed by atoms with Crippen molar-refractivity contribution in [1.29, 1.82) is 0 Å². The Labute approximate surface area is 169 Å². The molecule has 7 heteroatoms. The Kier molecular flexibility index (Phi) is 4.69. The number of hydrogen-bond acceptors (Lipinski definition) is 5. The summed E-state index contributed by atoms with van der Waals surface area (Å²) in [6.07, 6.45) is 4.26. The number of para-hydroxylation sites is 2. The standard InChI is InChI=1S/C22H17O2.ClHO4/c1-22(2)16-11-14-7-3-5-9-18(14)23-20(16)13-21-17(22)12-15-8-4-6-10-19(15)24-21;2-1(3,4)5/h3-13H,1-2H3;(H,2,3,4,5)/q+1;/p-1. The molecule has 6 nitrogen and oxygen atoms in total. The van der Waals surface area contributed by atoms with Gasteiger partial charge in [-0.1, -0.05) is 44.2 Å². The Morgan fingerprint density at radius 2 is 1.55 bits per heavy atom. The van der Waals surface area contributed by atoms with Gasteiger partial charge in [0.15, 0.2) is 0 Å². The molecular weight excluding hydrogens is 396 g/mol. The first kappa shape index (κ1) is 19.6. The summed E-state index contributed by atoms with van der Waals surface area (Å²) >= 11 is 0. The molecule has 0 bridgehead atoms. The van der Waals surface area contributed by atoms with Gasteiger partial charge in [-0.2, -0.15) is 0 Å². The van der Waals surface area contributed by atoms with Crippen LogP contribution in [0.25, 0.3) is 23.1 Å². The highest BCUT2D eigenvalue weighted by Gasteiger charge is 2.42. The predicted octanol–water partition coefficient (Wildman–Crippen LogP) is 1.07. The van der Waals surface area contributed by atoms with Crippen LogP contribution in [-0.2, 0) is 5.41 Å². The minimum atomic E-state index is -4.94. The van der Waals surface area contributed by atoms with Gasteiger partial charge in [0.1, 0.15) is 11.5 Å². The van der Waals surface area contributed by atoms with E-state index in [-0.39, 0.29) is 5.41 Å². The van der Waals surface area contributed by atoms with E-state index in [4.69, 9.17) is 27.8 Å². The quantitative estimate of drug-likeness (QED) is 0.510. The van der Waals surface area contributed by atoms with Crippen LogP contribution in [0.2, 0.25) is 0 Å². The van der Waals surface area contributed by atoms with Gasteiger partial charge in [0.2, 0.25) is 0 Å². The highest BCUT2D eigenvalue weighted by atomic mass is 35.7. The second-order valence-corrected chi connectivity index (χ2v) is 8.03. The van der Waals surface area contributed by atoms with Crippen LogP contribution in [0.5, 0.6) is 5.75 Å². The zero-order valence-corrected chi connectivity index (χ0v) is 16.4. The van der Waals surface area contributed by atoms with Crippen LogP contribution in [0.3, 0.4) is 0 Å². The predicted molar refractivity (Wildman–Crippen MR) is 96.7 cm³/mol. The Balaban J connectivity index is 0.000000369. The Hall–Kier alpha value is -2.74. The summed E-state index contributed by atoms with van der Waals surface area (Å²) in [6, 6.07) is 18.5. The molecule has 0 spiro atoms. The summed E-state index contributed by atoms with van der Waals surface area (Å²) in [6.45, 7) is 4.46. The highest BCUT2D eigenvalue weighted by Crippen LogP contribution is 2.48. The Bertz CT molecular complexity index is 1150. The van der Waals surface area contributed by atoms with Crippen LogP contribution < -0.4 is 23.4 Å². The van der Waals surface area contributed by atoms with Gasteiger partial charge in [-0.05, 0) is 24.3 Å². The summed E-state index contributed by atoms with van der Waals surface area (Å²) in [5, 5.41) is 1.12. The van der Waals surface area contributed by atoms with Crippen LogP contribution >= 0.6 is 0 Å². The molecule has 1 aliphatic heterocycles. The molecule has 3 aromatic rings. The van der Waals surface area contributed by atoms with Crippen molar-refractivity contribution in [1.82, 2.24) is 0 Å². The zero-order chi connectivity index (χ0) is 20.8. The summed E-state index contributed by atoms with van der Waals surface area (Å²) < 4.78 is 46.3. The van der Waals surface area contributed by atoms with Crippen molar-refractivity contribution in [3.8, 4) is 5.75 Å². The van der Waals surface area contributed by atoms with E-state index in [1.165, 1.54) is 11.1 Å². The first-order chi connectivity index (χ1) is 13.6. The minimum absolute atomic E-state index is 0.180. The molecule has 1 aliphatic carbocycles. The number of ether oxygens (including phenoxy) is 1. The second-order valence-electron chi connectivity index (χ2n) is 7.27. The van der Waals surface area contributed by atoms with Gasteiger partial charge in [-0.3, -0.25) is 0 Å². The molecule has 1 aromatic heterocycles. The summed E-state index contributed by atoms with van der Waals surface area (Å²) in [5.74, 6) is 2.66. The zero-order valence-electron chi connectivity index (χ0n) is 15.7. The number of allylic oxidation sites excluding steroid dienone is 1. The number of hydrogen-bond donors (Lipinski definition) is 0. The van der Waals surface area contributed by atoms with E-state index >= 15 is 0 Å². The van der Waals surface area contributed by atoms with Crippen molar-refractivity contribution in [2.75, 3.05) is 0 Å². The molecule has 0 atom stereocenters. The summed E-state index contributed by atoms with van der Waals surface area (Å²) in [4.78, 5) is 0. The third kappa shape index (κ3) is 3.89. The van der Waals surface area contributed by atoms with Gasteiger partial charge in [-0.15, -0.1) is 10.2 Å². The first-order valence-electron chi connectivity index (χ1n) is 8.82. The lowest BCUT2D eigenvalue weighted by atomic mass is 9.72. The van der Waals surface area contributed by atoms with E-state index in [0.29, 0.717) is 0 Å². The van der Waals surface area contributed by atoms with Crippen molar-refractivity contribution in [3.63, 3.8) is 0 Å².